The highest BCUT2D eigenvalue weighted by Crippen LogP contribution is 2.40. The molecule has 1 fully saturated rings. The van der Waals surface area contributed by atoms with Crippen molar-refractivity contribution in [3.05, 3.63) is 16.8 Å². The number of likely N-dealkylation sites (tertiary alicyclic amines) is 1. The van der Waals surface area contributed by atoms with Gasteiger partial charge in [0.25, 0.3) is 0 Å². The van der Waals surface area contributed by atoms with Crippen molar-refractivity contribution >= 4 is 39.2 Å². The molecule has 1 saturated heterocycles. The SMILES string of the molecule is C[C@@H](Sc1ncnc2sc3c(c12)CCCC3)C(=O)N1CCCCC1. The Balaban J connectivity index is 1.59. The van der Waals surface area contributed by atoms with E-state index in [1.54, 1.807) is 18.1 Å². The van der Waals surface area contributed by atoms with Gasteiger partial charge in [0, 0.05) is 23.4 Å². The summed E-state index contributed by atoms with van der Waals surface area (Å²) in [4.78, 5) is 26.4. The van der Waals surface area contributed by atoms with E-state index in [0.29, 0.717) is 0 Å². The van der Waals surface area contributed by atoms with E-state index in [9.17, 15) is 4.79 Å². The summed E-state index contributed by atoms with van der Waals surface area (Å²) in [6.45, 7) is 3.85. The molecule has 3 heterocycles. The van der Waals surface area contributed by atoms with Gasteiger partial charge in [-0.3, -0.25) is 4.79 Å². The first-order valence-electron chi connectivity index (χ1n) is 8.95. The number of thioether (sulfide) groups is 1. The predicted octanol–water partition coefficient (Wildman–Crippen LogP) is 4.06. The molecule has 0 bridgehead atoms. The Bertz CT molecular complexity index is 752. The van der Waals surface area contributed by atoms with Gasteiger partial charge >= 0.3 is 0 Å². The molecular formula is C18H23N3OS2. The van der Waals surface area contributed by atoms with Gasteiger partial charge in [-0.15, -0.1) is 11.3 Å². The maximum atomic E-state index is 12.7. The van der Waals surface area contributed by atoms with Crippen LogP contribution in [0.1, 0.15) is 49.5 Å². The second-order valence-corrected chi connectivity index (χ2v) is 9.13. The number of aryl methyl sites for hydroxylation is 2. The van der Waals surface area contributed by atoms with E-state index in [2.05, 4.69) is 9.97 Å². The van der Waals surface area contributed by atoms with E-state index in [4.69, 9.17) is 0 Å². The van der Waals surface area contributed by atoms with Crippen molar-refractivity contribution in [3.63, 3.8) is 0 Å². The fourth-order valence-electron chi connectivity index (χ4n) is 3.74. The van der Waals surface area contributed by atoms with Crippen molar-refractivity contribution in [2.45, 2.75) is 62.1 Å². The highest BCUT2D eigenvalue weighted by Gasteiger charge is 2.26. The molecule has 0 saturated carbocycles. The fraction of sp³-hybridized carbons (Fsp3) is 0.611. The second kappa shape index (κ2) is 7.00. The van der Waals surface area contributed by atoms with Gasteiger partial charge < -0.3 is 4.90 Å². The molecule has 1 aliphatic heterocycles. The van der Waals surface area contributed by atoms with Crippen LogP contribution in [0, 0.1) is 0 Å². The average molecular weight is 362 g/mol. The first-order chi connectivity index (χ1) is 11.7. The van der Waals surface area contributed by atoms with Crippen LogP contribution in [-0.4, -0.2) is 39.1 Å². The van der Waals surface area contributed by atoms with Crippen molar-refractivity contribution in [2.24, 2.45) is 0 Å². The van der Waals surface area contributed by atoms with Crippen LogP contribution in [0.25, 0.3) is 10.2 Å². The van der Waals surface area contributed by atoms with Gasteiger partial charge in [-0.05, 0) is 57.4 Å². The Morgan fingerprint density at radius 3 is 2.79 bits per heavy atom. The van der Waals surface area contributed by atoms with Crippen LogP contribution in [0.4, 0.5) is 0 Å². The van der Waals surface area contributed by atoms with Crippen LogP contribution in [0.15, 0.2) is 11.4 Å². The van der Waals surface area contributed by atoms with Gasteiger partial charge in [0.1, 0.15) is 16.2 Å². The molecule has 0 spiro atoms. The molecule has 2 aliphatic rings. The van der Waals surface area contributed by atoms with Crippen molar-refractivity contribution < 1.29 is 4.79 Å². The number of fused-ring (bicyclic) bond motifs is 3. The van der Waals surface area contributed by atoms with E-state index < -0.39 is 0 Å². The molecule has 1 amide bonds. The fourth-order valence-corrected chi connectivity index (χ4v) is 6.06. The molecule has 6 heteroatoms. The Morgan fingerprint density at radius 2 is 1.96 bits per heavy atom. The first-order valence-corrected chi connectivity index (χ1v) is 10.6. The molecule has 1 atom stereocenters. The Labute approximate surface area is 151 Å². The zero-order valence-corrected chi connectivity index (χ0v) is 15.7. The van der Waals surface area contributed by atoms with Crippen molar-refractivity contribution in [1.82, 2.24) is 14.9 Å². The van der Waals surface area contributed by atoms with Gasteiger partial charge in [-0.1, -0.05) is 11.8 Å². The average Bonchev–Trinajstić information content (AvgIpc) is 3.01. The number of rotatable bonds is 3. The summed E-state index contributed by atoms with van der Waals surface area (Å²) in [5, 5.41) is 2.14. The molecule has 2 aromatic heterocycles. The number of carbonyl (C=O) groups excluding carboxylic acids is 1. The largest absolute Gasteiger partial charge is 0.342 e. The van der Waals surface area contributed by atoms with Gasteiger partial charge in [-0.2, -0.15) is 0 Å². The molecular weight excluding hydrogens is 338 g/mol. The lowest BCUT2D eigenvalue weighted by Crippen LogP contribution is -2.40. The number of hydrogen-bond acceptors (Lipinski definition) is 5. The molecule has 128 valence electrons. The van der Waals surface area contributed by atoms with Crippen LogP contribution in [0.2, 0.25) is 0 Å². The Morgan fingerprint density at radius 1 is 1.17 bits per heavy atom. The number of amides is 1. The normalized spacial score (nSPS) is 19.3. The van der Waals surface area contributed by atoms with E-state index in [0.717, 1.165) is 42.2 Å². The molecule has 4 nitrogen and oxygen atoms in total. The number of piperidine rings is 1. The van der Waals surface area contributed by atoms with E-state index in [1.807, 2.05) is 23.2 Å². The molecule has 2 aromatic rings. The van der Waals surface area contributed by atoms with Crippen molar-refractivity contribution in [1.29, 1.82) is 0 Å². The van der Waals surface area contributed by atoms with E-state index in [1.165, 1.54) is 41.5 Å². The number of thiophene rings is 1. The lowest BCUT2D eigenvalue weighted by Gasteiger charge is -2.29. The molecule has 24 heavy (non-hydrogen) atoms. The molecule has 4 rings (SSSR count). The Kier molecular flexibility index (Phi) is 4.77. The topological polar surface area (TPSA) is 46.1 Å². The third-order valence-corrected chi connectivity index (χ3v) is 7.31. The summed E-state index contributed by atoms with van der Waals surface area (Å²) in [5.41, 5.74) is 1.45. The molecule has 0 unspecified atom stereocenters. The minimum absolute atomic E-state index is 0.0830. The van der Waals surface area contributed by atoms with Crippen LogP contribution >= 0.6 is 23.1 Å². The van der Waals surface area contributed by atoms with Crippen molar-refractivity contribution in [2.75, 3.05) is 13.1 Å². The summed E-state index contributed by atoms with van der Waals surface area (Å²) in [5.74, 6) is 0.260. The predicted molar refractivity (Wildman–Crippen MR) is 99.8 cm³/mol. The van der Waals surface area contributed by atoms with E-state index in [-0.39, 0.29) is 11.2 Å². The monoisotopic (exact) mass is 361 g/mol. The summed E-state index contributed by atoms with van der Waals surface area (Å²) in [6.07, 6.45) is 10.0. The second-order valence-electron chi connectivity index (χ2n) is 6.72. The maximum Gasteiger partial charge on any atom is 0.235 e. The summed E-state index contributed by atoms with van der Waals surface area (Å²) < 4.78 is 0. The molecule has 0 N–H and O–H groups in total. The van der Waals surface area contributed by atoms with Crippen LogP contribution in [-0.2, 0) is 17.6 Å². The van der Waals surface area contributed by atoms with Gasteiger partial charge in [-0.25, -0.2) is 9.97 Å². The summed E-state index contributed by atoms with van der Waals surface area (Å²) >= 11 is 3.43. The Hall–Kier alpha value is -1.14. The molecule has 0 radical (unpaired) electrons. The van der Waals surface area contributed by atoms with E-state index >= 15 is 0 Å². The minimum atomic E-state index is -0.0830. The minimum Gasteiger partial charge on any atom is -0.342 e. The third-order valence-electron chi connectivity index (χ3n) is 5.02. The van der Waals surface area contributed by atoms with Crippen LogP contribution < -0.4 is 0 Å². The van der Waals surface area contributed by atoms with Gasteiger partial charge in [0.15, 0.2) is 0 Å². The molecule has 1 aliphatic carbocycles. The zero-order valence-electron chi connectivity index (χ0n) is 14.1. The lowest BCUT2D eigenvalue weighted by atomic mass is 9.97. The number of aromatic nitrogens is 2. The smallest absolute Gasteiger partial charge is 0.235 e. The molecule has 0 aromatic carbocycles. The van der Waals surface area contributed by atoms with Crippen LogP contribution in [0.3, 0.4) is 0 Å². The number of hydrogen-bond donors (Lipinski definition) is 0. The quantitative estimate of drug-likeness (QED) is 0.611. The first kappa shape index (κ1) is 16.3. The van der Waals surface area contributed by atoms with Gasteiger partial charge in [0.05, 0.1) is 5.25 Å². The number of nitrogens with zero attached hydrogens (tertiary/aromatic N) is 3. The maximum absolute atomic E-state index is 12.7. The van der Waals surface area contributed by atoms with Crippen molar-refractivity contribution in [3.8, 4) is 0 Å². The van der Waals surface area contributed by atoms with Gasteiger partial charge in [0.2, 0.25) is 5.91 Å². The lowest BCUT2D eigenvalue weighted by molar-refractivity contribution is -0.131. The zero-order chi connectivity index (χ0) is 16.5. The summed E-state index contributed by atoms with van der Waals surface area (Å²) in [7, 11) is 0. The third kappa shape index (κ3) is 3.06. The summed E-state index contributed by atoms with van der Waals surface area (Å²) in [6, 6.07) is 0. The standard InChI is InChI=1S/C18H23N3OS2/c1-12(18(22)21-9-5-2-6-10-21)23-16-15-13-7-3-4-8-14(13)24-17(15)20-11-19-16/h11-12H,2-10H2,1H3/t12-/m1/s1. The number of carbonyl (C=O) groups is 1. The highest BCUT2D eigenvalue weighted by molar-refractivity contribution is 8.00. The van der Waals surface area contributed by atoms with Crippen LogP contribution in [0.5, 0.6) is 0 Å². The highest BCUT2D eigenvalue weighted by atomic mass is 32.2.